The molecule has 1 aromatic carbocycles. The van der Waals surface area contributed by atoms with E-state index in [9.17, 15) is 0 Å². The first kappa shape index (κ1) is 12.1. The maximum absolute atomic E-state index is 5.94. The predicted octanol–water partition coefficient (Wildman–Crippen LogP) is 3.37. The average Bonchev–Trinajstić information content (AvgIpc) is 2.76. The number of hydrogen-bond acceptors (Lipinski definition) is 3. The summed E-state index contributed by atoms with van der Waals surface area (Å²) >= 11 is 5.94. The molecule has 0 saturated carbocycles. The van der Waals surface area contributed by atoms with E-state index in [1.807, 2.05) is 23.5 Å². The third-order valence-electron chi connectivity index (χ3n) is 3.37. The Morgan fingerprint density at radius 2 is 1.89 bits per heavy atom. The highest BCUT2D eigenvalue weighted by molar-refractivity contribution is 6.29. The molecule has 5 heteroatoms. The van der Waals surface area contributed by atoms with E-state index in [0.29, 0.717) is 10.8 Å². The van der Waals surface area contributed by atoms with Crippen LogP contribution in [0.3, 0.4) is 0 Å². The smallest absolute Gasteiger partial charge is 0.170 e. The molecule has 0 amide bonds. The Hall–Kier alpha value is -1.94. The van der Waals surface area contributed by atoms with Gasteiger partial charge in [0.25, 0.3) is 0 Å². The quantitative estimate of drug-likeness (QED) is 0.638. The van der Waals surface area contributed by atoms with Crippen molar-refractivity contribution in [3.05, 3.63) is 46.4 Å². The summed E-state index contributed by atoms with van der Waals surface area (Å²) < 4.78 is 1.92. The molecule has 3 rings (SSSR count). The summed E-state index contributed by atoms with van der Waals surface area (Å²) in [6.07, 6.45) is 0. The first-order chi connectivity index (χ1) is 9.08. The first-order valence-corrected chi connectivity index (χ1v) is 6.40. The minimum atomic E-state index is 0.435. The second-order valence-electron chi connectivity index (χ2n) is 4.59. The molecule has 2 aromatic heterocycles. The summed E-state index contributed by atoms with van der Waals surface area (Å²) in [4.78, 5) is 4.26. The van der Waals surface area contributed by atoms with Gasteiger partial charge in [-0.2, -0.15) is 0 Å². The van der Waals surface area contributed by atoms with Crippen LogP contribution < -0.4 is 0 Å². The molecule has 0 spiro atoms. The molecule has 0 unspecified atom stereocenters. The molecule has 0 aliphatic carbocycles. The van der Waals surface area contributed by atoms with Gasteiger partial charge in [-0.3, -0.25) is 4.40 Å². The van der Waals surface area contributed by atoms with E-state index < -0.39 is 0 Å². The Bertz CT molecular complexity index is 776. The Balaban J connectivity index is 2.35. The molecule has 0 bridgehead atoms. The van der Waals surface area contributed by atoms with Crippen molar-refractivity contribution < 1.29 is 0 Å². The SMILES string of the molecule is Cc1cccc(-c2nnc3cc(Cl)nc(C)n23)c1C. The summed E-state index contributed by atoms with van der Waals surface area (Å²) in [7, 11) is 0. The van der Waals surface area contributed by atoms with Crippen LogP contribution in [0.15, 0.2) is 24.3 Å². The Morgan fingerprint density at radius 3 is 2.68 bits per heavy atom. The van der Waals surface area contributed by atoms with Crippen LogP contribution in [-0.4, -0.2) is 19.6 Å². The fraction of sp³-hybridized carbons (Fsp3) is 0.214. The molecular formula is C14H13ClN4. The largest absolute Gasteiger partial charge is 0.263 e. The number of aryl methyl sites for hydroxylation is 2. The molecule has 0 aliphatic heterocycles. The van der Waals surface area contributed by atoms with E-state index in [0.717, 1.165) is 17.2 Å². The zero-order valence-corrected chi connectivity index (χ0v) is 11.7. The lowest BCUT2D eigenvalue weighted by Crippen LogP contribution is -1.99. The van der Waals surface area contributed by atoms with Crippen molar-refractivity contribution in [3.63, 3.8) is 0 Å². The zero-order valence-electron chi connectivity index (χ0n) is 11.0. The van der Waals surface area contributed by atoms with Crippen LogP contribution in [0.5, 0.6) is 0 Å². The molecule has 0 atom stereocenters. The van der Waals surface area contributed by atoms with Crippen LogP contribution in [0.2, 0.25) is 5.15 Å². The van der Waals surface area contributed by atoms with Crippen molar-refractivity contribution in [1.29, 1.82) is 0 Å². The first-order valence-electron chi connectivity index (χ1n) is 6.03. The van der Waals surface area contributed by atoms with Gasteiger partial charge in [0, 0.05) is 11.6 Å². The van der Waals surface area contributed by atoms with Crippen LogP contribution in [0.4, 0.5) is 0 Å². The average molecular weight is 273 g/mol. The summed E-state index contributed by atoms with van der Waals surface area (Å²) in [5, 5.41) is 8.89. The van der Waals surface area contributed by atoms with Crippen LogP contribution in [-0.2, 0) is 0 Å². The molecule has 3 aromatic rings. The monoisotopic (exact) mass is 272 g/mol. The third-order valence-corrected chi connectivity index (χ3v) is 3.57. The molecule has 0 radical (unpaired) electrons. The van der Waals surface area contributed by atoms with Crippen molar-refractivity contribution in [2.45, 2.75) is 20.8 Å². The maximum atomic E-state index is 5.94. The van der Waals surface area contributed by atoms with Crippen molar-refractivity contribution in [2.75, 3.05) is 0 Å². The highest BCUT2D eigenvalue weighted by atomic mass is 35.5. The topological polar surface area (TPSA) is 43.1 Å². The van der Waals surface area contributed by atoms with Crippen LogP contribution in [0.1, 0.15) is 17.0 Å². The van der Waals surface area contributed by atoms with E-state index in [2.05, 4.69) is 35.1 Å². The molecule has 4 nitrogen and oxygen atoms in total. The fourth-order valence-electron chi connectivity index (χ4n) is 2.22. The lowest BCUT2D eigenvalue weighted by Gasteiger charge is -2.08. The normalized spacial score (nSPS) is 11.2. The number of benzene rings is 1. The van der Waals surface area contributed by atoms with E-state index in [1.165, 1.54) is 11.1 Å². The van der Waals surface area contributed by atoms with E-state index in [4.69, 9.17) is 11.6 Å². The van der Waals surface area contributed by atoms with Gasteiger partial charge in [0.1, 0.15) is 11.0 Å². The van der Waals surface area contributed by atoms with Gasteiger partial charge < -0.3 is 0 Å². The Kier molecular flexibility index (Phi) is 2.75. The highest BCUT2D eigenvalue weighted by Gasteiger charge is 2.14. The molecule has 0 saturated heterocycles. The third kappa shape index (κ3) is 1.88. The van der Waals surface area contributed by atoms with Gasteiger partial charge in [0.2, 0.25) is 0 Å². The summed E-state index contributed by atoms with van der Waals surface area (Å²) in [6.45, 7) is 6.07. The summed E-state index contributed by atoms with van der Waals surface area (Å²) in [6, 6.07) is 7.88. The molecular weight excluding hydrogens is 260 g/mol. The molecule has 19 heavy (non-hydrogen) atoms. The minimum absolute atomic E-state index is 0.435. The molecule has 0 N–H and O–H groups in total. The predicted molar refractivity (Wildman–Crippen MR) is 75.4 cm³/mol. The van der Waals surface area contributed by atoms with Crippen molar-refractivity contribution in [1.82, 2.24) is 19.6 Å². The number of halogens is 1. The summed E-state index contributed by atoms with van der Waals surface area (Å²) in [5.74, 6) is 1.58. The van der Waals surface area contributed by atoms with Crippen molar-refractivity contribution in [3.8, 4) is 11.4 Å². The standard InChI is InChI=1S/C14H13ClN4/c1-8-5-4-6-11(9(8)2)14-18-17-13-7-12(15)16-10(3)19(13)14/h4-7H,1-3H3. The van der Waals surface area contributed by atoms with Gasteiger partial charge in [0.15, 0.2) is 11.5 Å². The van der Waals surface area contributed by atoms with Crippen LogP contribution in [0, 0.1) is 20.8 Å². The molecule has 0 aliphatic rings. The van der Waals surface area contributed by atoms with Gasteiger partial charge in [-0.05, 0) is 31.9 Å². The second-order valence-corrected chi connectivity index (χ2v) is 4.98. The van der Waals surface area contributed by atoms with Crippen molar-refractivity contribution >= 4 is 17.2 Å². The number of aromatic nitrogens is 4. The van der Waals surface area contributed by atoms with Gasteiger partial charge in [-0.25, -0.2) is 4.98 Å². The Labute approximate surface area is 116 Å². The van der Waals surface area contributed by atoms with Crippen LogP contribution >= 0.6 is 11.6 Å². The number of fused-ring (bicyclic) bond motifs is 1. The lowest BCUT2D eigenvalue weighted by atomic mass is 10.0. The van der Waals surface area contributed by atoms with Gasteiger partial charge in [-0.15, -0.1) is 10.2 Å². The lowest BCUT2D eigenvalue weighted by molar-refractivity contribution is 0.986. The number of nitrogens with zero attached hydrogens (tertiary/aromatic N) is 4. The van der Waals surface area contributed by atoms with Crippen LogP contribution in [0.25, 0.3) is 17.0 Å². The molecule has 96 valence electrons. The van der Waals surface area contributed by atoms with E-state index >= 15 is 0 Å². The zero-order chi connectivity index (χ0) is 13.6. The highest BCUT2D eigenvalue weighted by Crippen LogP contribution is 2.25. The maximum Gasteiger partial charge on any atom is 0.170 e. The van der Waals surface area contributed by atoms with Gasteiger partial charge in [0.05, 0.1) is 0 Å². The fourth-order valence-corrected chi connectivity index (χ4v) is 2.44. The molecule has 2 heterocycles. The van der Waals surface area contributed by atoms with Gasteiger partial charge >= 0.3 is 0 Å². The molecule has 0 fully saturated rings. The van der Waals surface area contributed by atoms with Crippen molar-refractivity contribution in [2.24, 2.45) is 0 Å². The minimum Gasteiger partial charge on any atom is -0.263 e. The second kappa shape index (κ2) is 4.31. The Morgan fingerprint density at radius 1 is 1.11 bits per heavy atom. The van der Waals surface area contributed by atoms with Gasteiger partial charge in [-0.1, -0.05) is 29.8 Å². The number of hydrogen-bond donors (Lipinski definition) is 0. The summed E-state index contributed by atoms with van der Waals surface area (Å²) in [5.41, 5.74) is 4.22. The number of rotatable bonds is 1. The van der Waals surface area contributed by atoms with E-state index in [-0.39, 0.29) is 0 Å². The van der Waals surface area contributed by atoms with E-state index in [1.54, 1.807) is 6.07 Å².